The van der Waals surface area contributed by atoms with Crippen molar-refractivity contribution in [3.63, 3.8) is 0 Å². The fraction of sp³-hybridized carbons (Fsp3) is 0. The Bertz CT molecular complexity index is 508. The quantitative estimate of drug-likeness (QED) is 0.724. The van der Waals surface area contributed by atoms with Gasteiger partial charge in [-0.15, -0.1) is 0 Å². The number of aromatic nitrogens is 1. The average Bonchev–Trinajstić information content (AvgIpc) is 2.18. The molecule has 0 unspecified atom stereocenters. The Hall–Kier alpha value is -2.10. The van der Waals surface area contributed by atoms with Crippen LogP contribution in [0.15, 0.2) is 30.5 Å². The summed E-state index contributed by atoms with van der Waals surface area (Å²) in [5, 5.41) is 20.9. The van der Waals surface area contributed by atoms with Gasteiger partial charge in [-0.1, -0.05) is 17.9 Å². The molecule has 0 bridgehead atoms. The van der Waals surface area contributed by atoms with Crippen molar-refractivity contribution < 1.29 is 15.0 Å². The Morgan fingerprint density at radius 3 is 2.86 bits per heavy atom. The Morgan fingerprint density at radius 2 is 2.14 bits per heavy atom. The monoisotopic (exact) mass is 188 g/mol. The molecule has 1 aromatic carbocycles. The second-order valence-corrected chi connectivity index (χ2v) is 2.82. The first kappa shape index (κ1) is 8.50. The second-order valence-electron chi connectivity index (χ2n) is 2.82. The largest absolute Gasteiger partial charge is 0.870 e. The summed E-state index contributed by atoms with van der Waals surface area (Å²) in [5.74, 6) is -1.75. The van der Waals surface area contributed by atoms with Crippen LogP contribution in [-0.2, 0) is 0 Å². The van der Waals surface area contributed by atoms with Crippen molar-refractivity contribution in [3.05, 3.63) is 36.0 Å². The van der Waals surface area contributed by atoms with Crippen molar-refractivity contribution in [1.82, 2.24) is 4.98 Å². The summed E-state index contributed by atoms with van der Waals surface area (Å²) in [4.78, 5) is 14.5. The number of pyridine rings is 1. The number of aromatic carboxylic acids is 1. The van der Waals surface area contributed by atoms with Gasteiger partial charge in [-0.3, -0.25) is 4.98 Å². The highest BCUT2D eigenvalue weighted by Crippen LogP contribution is 2.23. The third-order valence-electron chi connectivity index (χ3n) is 1.96. The van der Waals surface area contributed by atoms with Gasteiger partial charge < -0.3 is 10.2 Å². The highest BCUT2D eigenvalue weighted by molar-refractivity contribution is 5.98. The molecule has 14 heavy (non-hydrogen) atoms. The lowest BCUT2D eigenvalue weighted by molar-refractivity contribution is -0.266. The van der Waals surface area contributed by atoms with Gasteiger partial charge in [0.05, 0.1) is 11.1 Å². The number of nitrogens with zero attached hydrogens (tertiary/aromatic N) is 1. The predicted octanol–water partition coefficient (Wildman–Crippen LogP) is 1.01. The van der Waals surface area contributed by atoms with Gasteiger partial charge in [0.2, 0.25) is 0 Å². The summed E-state index contributed by atoms with van der Waals surface area (Å²) >= 11 is 0. The molecule has 4 heteroatoms. The molecule has 1 heterocycles. The first-order chi connectivity index (χ1) is 6.70. The Labute approximate surface area is 79.4 Å². The minimum absolute atomic E-state index is 0.201. The average molecular weight is 188 g/mol. The molecular formula is C10H6NO3-. The second kappa shape index (κ2) is 2.99. The van der Waals surface area contributed by atoms with E-state index in [4.69, 9.17) is 5.11 Å². The van der Waals surface area contributed by atoms with Crippen LogP contribution in [0.3, 0.4) is 0 Å². The van der Waals surface area contributed by atoms with Crippen LogP contribution in [0.1, 0.15) is 10.4 Å². The molecule has 70 valence electrons. The molecule has 0 aliphatic heterocycles. The van der Waals surface area contributed by atoms with E-state index < -0.39 is 11.7 Å². The highest BCUT2D eigenvalue weighted by atomic mass is 16.4. The SMILES string of the molecule is O=C(O)c1ccc2cccnc2c1[O-]. The summed E-state index contributed by atoms with van der Waals surface area (Å²) in [6.07, 6.45) is 1.47. The van der Waals surface area contributed by atoms with Gasteiger partial charge in [0.25, 0.3) is 0 Å². The molecular weight excluding hydrogens is 182 g/mol. The summed E-state index contributed by atoms with van der Waals surface area (Å²) < 4.78 is 0. The van der Waals surface area contributed by atoms with Gasteiger partial charge in [0.1, 0.15) is 0 Å². The molecule has 0 atom stereocenters. The number of hydrogen-bond donors (Lipinski definition) is 1. The first-order valence-corrected chi connectivity index (χ1v) is 3.98. The number of carboxylic acid groups (broad SMARTS) is 1. The van der Waals surface area contributed by atoms with Crippen molar-refractivity contribution >= 4 is 16.9 Å². The van der Waals surface area contributed by atoms with Gasteiger partial charge in [-0.2, -0.15) is 0 Å². The molecule has 1 aromatic heterocycles. The minimum atomic E-state index is -1.22. The van der Waals surface area contributed by atoms with Crippen molar-refractivity contribution in [1.29, 1.82) is 0 Å². The maximum Gasteiger partial charge on any atom is 0.335 e. The first-order valence-electron chi connectivity index (χ1n) is 3.98. The number of fused-ring (bicyclic) bond motifs is 1. The lowest BCUT2D eigenvalue weighted by Crippen LogP contribution is -2.04. The van der Waals surface area contributed by atoms with E-state index in [1.165, 1.54) is 12.3 Å². The van der Waals surface area contributed by atoms with Crippen LogP contribution in [0.25, 0.3) is 10.9 Å². The van der Waals surface area contributed by atoms with Crippen LogP contribution < -0.4 is 5.11 Å². The lowest BCUT2D eigenvalue weighted by atomic mass is 10.1. The van der Waals surface area contributed by atoms with E-state index in [9.17, 15) is 9.90 Å². The van der Waals surface area contributed by atoms with Crippen LogP contribution in [0.2, 0.25) is 0 Å². The van der Waals surface area contributed by atoms with Gasteiger partial charge >= 0.3 is 5.97 Å². The zero-order chi connectivity index (χ0) is 10.1. The summed E-state index contributed by atoms with van der Waals surface area (Å²) in [5.41, 5.74) is -0.0383. The van der Waals surface area contributed by atoms with E-state index in [2.05, 4.69) is 4.98 Å². The van der Waals surface area contributed by atoms with Gasteiger partial charge in [0, 0.05) is 6.20 Å². The third kappa shape index (κ3) is 1.17. The molecule has 0 saturated carbocycles. The fourth-order valence-electron chi connectivity index (χ4n) is 1.29. The normalized spacial score (nSPS) is 10.3. The molecule has 1 N–H and O–H groups in total. The molecule has 0 spiro atoms. The molecule has 2 rings (SSSR count). The molecule has 0 amide bonds. The summed E-state index contributed by atoms with van der Waals surface area (Å²) in [7, 11) is 0. The van der Waals surface area contributed by atoms with Crippen LogP contribution in [0.5, 0.6) is 5.75 Å². The standard InChI is InChI=1S/C10H7NO3/c12-9-7(10(13)14)4-3-6-2-1-5-11-8(6)9/h1-5,12H,(H,13,14)/p-1. The van der Waals surface area contributed by atoms with Crippen molar-refractivity contribution in [2.24, 2.45) is 0 Å². The topological polar surface area (TPSA) is 73.2 Å². The fourth-order valence-corrected chi connectivity index (χ4v) is 1.29. The van der Waals surface area contributed by atoms with E-state index in [0.717, 1.165) is 0 Å². The van der Waals surface area contributed by atoms with E-state index in [0.29, 0.717) is 5.39 Å². The molecule has 0 aliphatic rings. The molecule has 2 aromatic rings. The minimum Gasteiger partial charge on any atom is -0.870 e. The van der Waals surface area contributed by atoms with Gasteiger partial charge in [-0.05, 0) is 17.5 Å². The van der Waals surface area contributed by atoms with E-state index in [-0.39, 0.29) is 11.1 Å². The number of carboxylic acids is 1. The van der Waals surface area contributed by atoms with Crippen molar-refractivity contribution in [2.45, 2.75) is 0 Å². The smallest absolute Gasteiger partial charge is 0.335 e. The number of benzene rings is 1. The predicted molar refractivity (Wildman–Crippen MR) is 48.1 cm³/mol. The maximum atomic E-state index is 11.5. The Morgan fingerprint density at radius 1 is 1.36 bits per heavy atom. The zero-order valence-electron chi connectivity index (χ0n) is 7.10. The van der Waals surface area contributed by atoms with Crippen LogP contribution in [0, 0.1) is 0 Å². The van der Waals surface area contributed by atoms with Crippen LogP contribution >= 0.6 is 0 Å². The van der Waals surface area contributed by atoms with E-state index in [1.54, 1.807) is 18.2 Å². The van der Waals surface area contributed by atoms with Gasteiger partial charge in [0.15, 0.2) is 0 Å². The third-order valence-corrected chi connectivity index (χ3v) is 1.96. The Balaban J connectivity index is 2.81. The van der Waals surface area contributed by atoms with E-state index in [1.807, 2.05) is 0 Å². The molecule has 0 radical (unpaired) electrons. The number of carbonyl (C=O) groups is 1. The zero-order valence-corrected chi connectivity index (χ0v) is 7.10. The van der Waals surface area contributed by atoms with Crippen LogP contribution in [-0.4, -0.2) is 16.1 Å². The summed E-state index contributed by atoms with van der Waals surface area (Å²) in [6, 6.07) is 6.29. The number of rotatable bonds is 1. The van der Waals surface area contributed by atoms with Crippen molar-refractivity contribution in [2.75, 3.05) is 0 Å². The van der Waals surface area contributed by atoms with Crippen molar-refractivity contribution in [3.8, 4) is 5.75 Å². The molecule has 4 nitrogen and oxygen atoms in total. The number of hydrogen-bond acceptors (Lipinski definition) is 3. The van der Waals surface area contributed by atoms with E-state index >= 15 is 0 Å². The molecule has 0 aliphatic carbocycles. The molecule has 0 fully saturated rings. The Kier molecular flexibility index (Phi) is 1.81. The summed E-state index contributed by atoms with van der Waals surface area (Å²) in [6.45, 7) is 0. The highest BCUT2D eigenvalue weighted by Gasteiger charge is 2.06. The maximum absolute atomic E-state index is 11.5. The van der Waals surface area contributed by atoms with Gasteiger partial charge in [-0.25, -0.2) is 4.79 Å². The van der Waals surface area contributed by atoms with Crippen LogP contribution in [0.4, 0.5) is 0 Å². The lowest BCUT2D eigenvalue weighted by Gasteiger charge is -2.12. The molecule has 0 saturated heterocycles.